The van der Waals surface area contributed by atoms with E-state index in [-0.39, 0.29) is 0 Å². The van der Waals surface area contributed by atoms with Crippen LogP contribution in [-0.4, -0.2) is 50.8 Å². The number of hydrogen-bond acceptors (Lipinski definition) is 3. The topological polar surface area (TPSA) is 24.5 Å². The van der Waals surface area contributed by atoms with Crippen molar-refractivity contribution in [1.82, 2.24) is 10.2 Å². The van der Waals surface area contributed by atoms with Crippen LogP contribution in [0, 0.1) is 11.8 Å². The van der Waals surface area contributed by atoms with Gasteiger partial charge >= 0.3 is 0 Å². The van der Waals surface area contributed by atoms with Crippen LogP contribution in [-0.2, 0) is 4.74 Å². The average molecular weight is 256 g/mol. The van der Waals surface area contributed by atoms with Gasteiger partial charge in [0.15, 0.2) is 0 Å². The highest BCUT2D eigenvalue weighted by Gasteiger charge is 2.21. The monoisotopic (exact) mass is 256 g/mol. The Labute approximate surface area is 113 Å². The van der Waals surface area contributed by atoms with E-state index in [1.807, 2.05) is 0 Å². The molecule has 3 unspecified atom stereocenters. The van der Waals surface area contributed by atoms with E-state index >= 15 is 0 Å². The lowest BCUT2D eigenvalue weighted by Gasteiger charge is -2.32. The van der Waals surface area contributed by atoms with Gasteiger partial charge < -0.3 is 10.1 Å². The summed E-state index contributed by atoms with van der Waals surface area (Å²) in [5.74, 6) is 1.72. The van der Waals surface area contributed by atoms with E-state index in [2.05, 4.69) is 31.0 Å². The Balaban J connectivity index is 2.27. The van der Waals surface area contributed by atoms with Crippen LogP contribution in [0.15, 0.2) is 0 Å². The minimum atomic E-state index is 0.539. The Morgan fingerprint density at radius 1 is 1.39 bits per heavy atom. The van der Waals surface area contributed by atoms with Gasteiger partial charge in [0.05, 0.1) is 6.61 Å². The number of hydrogen-bond donors (Lipinski definition) is 1. The first-order valence-corrected chi connectivity index (χ1v) is 7.62. The van der Waals surface area contributed by atoms with E-state index < -0.39 is 0 Å². The van der Waals surface area contributed by atoms with Crippen molar-refractivity contribution >= 4 is 0 Å². The second-order valence-electron chi connectivity index (χ2n) is 5.81. The van der Waals surface area contributed by atoms with E-state index in [0.717, 1.165) is 25.0 Å². The second-order valence-corrected chi connectivity index (χ2v) is 5.81. The Morgan fingerprint density at radius 2 is 2.17 bits per heavy atom. The first-order valence-electron chi connectivity index (χ1n) is 7.62. The number of ether oxygens (including phenoxy) is 1. The second kappa shape index (κ2) is 8.89. The molecule has 1 aliphatic rings. The SMILES string of the molecule is CCN(CCC(C)C1CCCNC1)C(C)COC. The van der Waals surface area contributed by atoms with Gasteiger partial charge in [-0.25, -0.2) is 0 Å². The Bertz CT molecular complexity index is 205. The molecule has 0 spiro atoms. The lowest BCUT2D eigenvalue weighted by atomic mass is 9.85. The van der Waals surface area contributed by atoms with Crippen molar-refractivity contribution in [3.05, 3.63) is 0 Å². The van der Waals surface area contributed by atoms with Gasteiger partial charge in [-0.1, -0.05) is 13.8 Å². The predicted octanol–water partition coefficient (Wildman–Crippen LogP) is 2.37. The van der Waals surface area contributed by atoms with Crippen LogP contribution in [0.1, 0.15) is 40.0 Å². The van der Waals surface area contributed by atoms with Crippen LogP contribution in [0.5, 0.6) is 0 Å². The molecule has 3 atom stereocenters. The van der Waals surface area contributed by atoms with Crippen molar-refractivity contribution in [2.24, 2.45) is 11.8 Å². The number of nitrogens with zero attached hydrogens (tertiary/aromatic N) is 1. The largest absolute Gasteiger partial charge is 0.383 e. The van der Waals surface area contributed by atoms with Gasteiger partial charge in [-0.05, 0) is 64.2 Å². The van der Waals surface area contributed by atoms with Crippen molar-refractivity contribution < 1.29 is 4.74 Å². The minimum absolute atomic E-state index is 0.539. The van der Waals surface area contributed by atoms with Crippen LogP contribution in [0.25, 0.3) is 0 Å². The number of nitrogens with one attached hydrogen (secondary N) is 1. The summed E-state index contributed by atoms with van der Waals surface area (Å²) in [5.41, 5.74) is 0. The van der Waals surface area contributed by atoms with Crippen LogP contribution in [0.3, 0.4) is 0 Å². The maximum Gasteiger partial charge on any atom is 0.0615 e. The molecule has 0 aliphatic carbocycles. The minimum Gasteiger partial charge on any atom is -0.383 e. The summed E-state index contributed by atoms with van der Waals surface area (Å²) in [7, 11) is 1.79. The van der Waals surface area contributed by atoms with Gasteiger partial charge in [-0.2, -0.15) is 0 Å². The van der Waals surface area contributed by atoms with Crippen LogP contribution in [0.2, 0.25) is 0 Å². The van der Waals surface area contributed by atoms with Gasteiger partial charge in [0.2, 0.25) is 0 Å². The number of methoxy groups -OCH3 is 1. The lowest BCUT2D eigenvalue weighted by molar-refractivity contribution is 0.0954. The molecule has 0 amide bonds. The Hall–Kier alpha value is -0.120. The molecule has 3 heteroatoms. The fraction of sp³-hybridized carbons (Fsp3) is 1.00. The summed E-state index contributed by atoms with van der Waals surface area (Å²) in [4.78, 5) is 2.54. The molecular weight excluding hydrogens is 224 g/mol. The van der Waals surface area contributed by atoms with Gasteiger partial charge in [-0.3, -0.25) is 4.90 Å². The number of piperidine rings is 1. The molecule has 0 aromatic heterocycles. The van der Waals surface area contributed by atoms with Gasteiger partial charge in [0.25, 0.3) is 0 Å². The zero-order valence-electron chi connectivity index (χ0n) is 12.7. The van der Waals surface area contributed by atoms with Gasteiger partial charge in [-0.15, -0.1) is 0 Å². The maximum absolute atomic E-state index is 5.26. The quantitative estimate of drug-likeness (QED) is 0.721. The summed E-state index contributed by atoms with van der Waals surface area (Å²) in [5, 5.41) is 3.53. The van der Waals surface area contributed by atoms with Crippen LogP contribution >= 0.6 is 0 Å². The molecule has 1 aliphatic heterocycles. The van der Waals surface area contributed by atoms with E-state index in [9.17, 15) is 0 Å². The molecule has 1 fully saturated rings. The predicted molar refractivity (Wildman–Crippen MR) is 78.0 cm³/mol. The smallest absolute Gasteiger partial charge is 0.0615 e. The van der Waals surface area contributed by atoms with E-state index in [0.29, 0.717) is 6.04 Å². The van der Waals surface area contributed by atoms with Crippen molar-refractivity contribution in [1.29, 1.82) is 0 Å². The van der Waals surface area contributed by atoms with Crippen molar-refractivity contribution in [2.75, 3.05) is 39.9 Å². The van der Waals surface area contributed by atoms with E-state index in [4.69, 9.17) is 4.74 Å². The molecule has 0 saturated carbocycles. The highest BCUT2D eigenvalue weighted by molar-refractivity contribution is 4.75. The normalized spacial score (nSPS) is 24.2. The summed E-state index contributed by atoms with van der Waals surface area (Å²) < 4.78 is 5.26. The highest BCUT2D eigenvalue weighted by atomic mass is 16.5. The fourth-order valence-corrected chi connectivity index (χ4v) is 3.01. The standard InChI is InChI=1S/C15H32N2O/c1-5-17(14(3)12-18-4)10-8-13(2)15-7-6-9-16-11-15/h13-16H,5-12H2,1-4H3. The molecule has 0 bridgehead atoms. The number of rotatable bonds is 8. The number of likely N-dealkylation sites (N-methyl/N-ethyl adjacent to an activating group) is 1. The van der Waals surface area contributed by atoms with Gasteiger partial charge in [0.1, 0.15) is 0 Å². The maximum atomic E-state index is 5.26. The molecule has 1 N–H and O–H groups in total. The third-order valence-electron chi connectivity index (χ3n) is 4.45. The van der Waals surface area contributed by atoms with Gasteiger partial charge in [0, 0.05) is 13.2 Å². The third-order valence-corrected chi connectivity index (χ3v) is 4.45. The molecule has 1 rings (SSSR count). The van der Waals surface area contributed by atoms with Crippen LogP contribution in [0.4, 0.5) is 0 Å². The molecule has 108 valence electrons. The highest BCUT2D eigenvalue weighted by Crippen LogP contribution is 2.22. The third kappa shape index (κ3) is 5.25. The van der Waals surface area contributed by atoms with Crippen molar-refractivity contribution in [3.8, 4) is 0 Å². The van der Waals surface area contributed by atoms with E-state index in [1.165, 1.54) is 38.9 Å². The summed E-state index contributed by atoms with van der Waals surface area (Å²) >= 11 is 0. The molecule has 18 heavy (non-hydrogen) atoms. The molecule has 0 radical (unpaired) electrons. The first-order chi connectivity index (χ1) is 8.69. The summed E-state index contributed by atoms with van der Waals surface area (Å²) in [6.45, 7) is 12.5. The van der Waals surface area contributed by atoms with E-state index in [1.54, 1.807) is 7.11 Å². The Kier molecular flexibility index (Phi) is 7.87. The zero-order chi connectivity index (χ0) is 13.4. The molecule has 1 heterocycles. The molecular formula is C15H32N2O. The summed E-state index contributed by atoms with van der Waals surface area (Å²) in [6, 6.07) is 0.539. The average Bonchev–Trinajstić information content (AvgIpc) is 2.40. The van der Waals surface area contributed by atoms with Crippen molar-refractivity contribution in [2.45, 2.75) is 46.1 Å². The Morgan fingerprint density at radius 3 is 2.72 bits per heavy atom. The first kappa shape index (κ1) is 15.9. The fourth-order valence-electron chi connectivity index (χ4n) is 3.01. The molecule has 0 aromatic rings. The van der Waals surface area contributed by atoms with Crippen molar-refractivity contribution in [3.63, 3.8) is 0 Å². The molecule has 1 saturated heterocycles. The molecule has 3 nitrogen and oxygen atoms in total. The lowest BCUT2D eigenvalue weighted by Crippen LogP contribution is -2.39. The summed E-state index contributed by atoms with van der Waals surface area (Å²) in [6.07, 6.45) is 4.08. The molecule has 0 aromatic carbocycles. The zero-order valence-corrected chi connectivity index (χ0v) is 12.7. The van der Waals surface area contributed by atoms with Crippen LogP contribution < -0.4 is 5.32 Å².